The van der Waals surface area contributed by atoms with Gasteiger partial charge in [-0.3, -0.25) is 0 Å². The smallest absolute Gasteiger partial charge is 0.146 e. The van der Waals surface area contributed by atoms with Crippen molar-refractivity contribution in [3.63, 3.8) is 0 Å². The highest BCUT2D eigenvalue weighted by molar-refractivity contribution is 9.10. The zero-order valence-electron chi connectivity index (χ0n) is 9.06. The van der Waals surface area contributed by atoms with E-state index in [-0.39, 0.29) is 16.8 Å². The molecule has 0 aliphatic carbocycles. The molecule has 0 bridgehead atoms. The molecule has 0 spiro atoms. The fourth-order valence-corrected chi connectivity index (χ4v) is 2.78. The lowest BCUT2D eigenvalue weighted by Crippen LogP contribution is -2.34. The highest BCUT2D eigenvalue weighted by Gasteiger charge is 2.26. The summed E-state index contributed by atoms with van der Waals surface area (Å²) in [6, 6.07) is 3.67. The lowest BCUT2D eigenvalue weighted by Gasteiger charge is -2.30. The fraction of sp³-hybridized carbons (Fsp3) is 0.500. The van der Waals surface area contributed by atoms with E-state index < -0.39 is 0 Å². The summed E-state index contributed by atoms with van der Waals surface area (Å²) in [7, 11) is 0. The van der Waals surface area contributed by atoms with E-state index in [9.17, 15) is 4.39 Å². The van der Waals surface area contributed by atoms with Crippen LogP contribution in [0.15, 0.2) is 16.6 Å². The second-order valence-corrected chi connectivity index (χ2v) is 5.57. The lowest BCUT2D eigenvalue weighted by atomic mass is 9.82. The van der Waals surface area contributed by atoms with Crippen LogP contribution < -0.4 is 5.32 Å². The van der Waals surface area contributed by atoms with Gasteiger partial charge in [0.1, 0.15) is 5.82 Å². The maximum Gasteiger partial charge on any atom is 0.146 e. The Labute approximate surface area is 109 Å². The Hall–Kier alpha value is -0.120. The molecule has 1 aromatic carbocycles. The topological polar surface area (TPSA) is 12.0 Å². The van der Waals surface area contributed by atoms with E-state index in [0.717, 1.165) is 25.1 Å². The molecule has 0 radical (unpaired) electrons. The van der Waals surface area contributed by atoms with E-state index >= 15 is 0 Å². The second kappa shape index (κ2) is 5.03. The SMILES string of the molecule is CC1CNCCC1c1ccc(Br)c(Cl)c1F. The van der Waals surface area contributed by atoms with Crippen LogP contribution in [0, 0.1) is 11.7 Å². The molecule has 2 unspecified atom stereocenters. The van der Waals surface area contributed by atoms with E-state index in [4.69, 9.17) is 11.6 Å². The fourth-order valence-electron chi connectivity index (χ4n) is 2.30. The third-order valence-corrected chi connectivity index (χ3v) is 4.51. The van der Waals surface area contributed by atoms with E-state index in [1.807, 2.05) is 12.1 Å². The van der Waals surface area contributed by atoms with Gasteiger partial charge >= 0.3 is 0 Å². The summed E-state index contributed by atoms with van der Waals surface area (Å²) in [5.41, 5.74) is 0.752. The van der Waals surface area contributed by atoms with Crippen molar-refractivity contribution >= 4 is 27.5 Å². The largest absolute Gasteiger partial charge is 0.316 e. The first-order valence-electron chi connectivity index (χ1n) is 5.45. The number of hydrogen-bond donors (Lipinski definition) is 1. The van der Waals surface area contributed by atoms with E-state index in [1.165, 1.54) is 0 Å². The standard InChI is InChI=1S/C12H14BrClFN/c1-7-6-16-5-4-8(7)9-2-3-10(13)11(14)12(9)15/h2-3,7-8,16H,4-6H2,1H3. The number of halogens is 3. The van der Waals surface area contributed by atoms with Crippen LogP contribution in [-0.2, 0) is 0 Å². The van der Waals surface area contributed by atoms with Crippen LogP contribution in [-0.4, -0.2) is 13.1 Å². The van der Waals surface area contributed by atoms with E-state index in [1.54, 1.807) is 0 Å². The monoisotopic (exact) mass is 305 g/mol. The molecule has 2 atom stereocenters. The van der Waals surface area contributed by atoms with Crippen molar-refractivity contribution in [1.82, 2.24) is 5.32 Å². The zero-order chi connectivity index (χ0) is 11.7. The number of benzene rings is 1. The predicted octanol–water partition coefficient (Wildman–Crippen LogP) is 3.95. The number of piperidine rings is 1. The number of rotatable bonds is 1. The summed E-state index contributed by atoms with van der Waals surface area (Å²) in [6.45, 7) is 4.03. The van der Waals surface area contributed by atoms with Gasteiger partial charge in [0.25, 0.3) is 0 Å². The first kappa shape index (κ1) is 12.3. The summed E-state index contributed by atoms with van der Waals surface area (Å²) in [5, 5.41) is 3.51. The van der Waals surface area contributed by atoms with Crippen molar-refractivity contribution in [3.8, 4) is 0 Å². The van der Waals surface area contributed by atoms with Crippen LogP contribution in [0.4, 0.5) is 4.39 Å². The molecule has 1 nitrogen and oxygen atoms in total. The summed E-state index contributed by atoms with van der Waals surface area (Å²) < 4.78 is 14.7. The molecule has 0 aromatic heterocycles. The van der Waals surface area contributed by atoms with Crippen LogP contribution in [0.1, 0.15) is 24.8 Å². The minimum absolute atomic E-state index is 0.197. The average Bonchev–Trinajstić information content (AvgIpc) is 2.28. The average molecular weight is 307 g/mol. The second-order valence-electron chi connectivity index (χ2n) is 4.34. The van der Waals surface area contributed by atoms with Crippen LogP contribution in [0.3, 0.4) is 0 Å². The van der Waals surface area contributed by atoms with E-state index in [0.29, 0.717) is 10.4 Å². The van der Waals surface area contributed by atoms with Gasteiger partial charge in [-0.15, -0.1) is 0 Å². The molecule has 1 saturated heterocycles. The molecule has 1 aromatic rings. The third-order valence-electron chi connectivity index (χ3n) is 3.25. The van der Waals surface area contributed by atoms with Crippen LogP contribution in [0.5, 0.6) is 0 Å². The van der Waals surface area contributed by atoms with Gasteiger partial charge in [-0.05, 0) is 58.9 Å². The van der Waals surface area contributed by atoms with Crippen molar-refractivity contribution in [1.29, 1.82) is 0 Å². The Kier molecular flexibility index (Phi) is 3.88. The van der Waals surface area contributed by atoms with Crippen molar-refractivity contribution in [2.75, 3.05) is 13.1 Å². The first-order valence-corrected chi connectivity index (χ1v) is 6.62. The van der Waals surface area contributed by atoms with E-state index in [2.05, 4.69) is 28.2 Å². The van der Waals surface area contributed by atoms with Gasteiger partial charge in [0.2, 0.25) is 0 Å². The Bertz CT molecular complexity index is 397. The van der Waals surface area contributed by atoms with Crippen molar-refractivity contribution < 1.29 is 4.39 Å². The molecule has 0 saturated carbocycles. The van der Waals surface area contributed by atoms with Gasteiger partial charge in [-0.2, -0.15) is 0 Å². The maximum absolute atomic E-state index is 14.0. The Morgan fingerprint density at radius 1 is 1.50 bits per heavy atom. The quantitative estimate of drug-likeness (QED) is 0.775. The molecule has 1 aliphatic heterocycles. The molecule has 88 valence electrons. The third kappa shape index (κ3) is 2.27. The molecular formula is C12H14BrClFN. The molecular weight excluding hydrogens is 292 g/mol. The molecule has 1 aliphatic rings. The number of nitrogens with one attached hydrogen (secondary N) is 1. The zero-order valence-corrected chi connectivity index (χ0v) is 11.4. The van der Waals surface area contributed by atoms with Gasteiger partial charge in [0, 0.05) is 4.47 Å². The molecule has 2 rings (SSSR count). The molecule has 16 heavy (non-hydrogen) atoms. The summed E-state index contributed by atoms with van der Waals surface area (Å²) in [6.07, 6.45) is 0.968. The van der Waals surface area contributed by atoms with Crippen molar-refractivity contribution in [2.45, 2.75) is 19.3 Å². The Morgan fingerprint density at radius 2 is 2.25 bits per heavy atom. The van der Waals surface area contributed by atoms with Gasteiger partial charge < -0.3 is 5.32 Å². The Morgan fingerprint density at radius 3 is 2.94 bits per heavy atom. The number of hydrogen-bond acceptors (Lipinski definition) is 1. The normalized spacial score (nSPS) is 25.8. The molecule has 1 fully saturated rings. The lowest BCUT2D eigenvalue weighted by molar-refractivity contribution is 0.341. The van der Waals surface area contributed by atoms with Crippen molar-refractivity contribution in [3.05, 3.63) is 33.0 Å². The van der Waals surface area contributed by atoms with Gasteiger partial charge in [-0.1, -0.05) is 24.6 Å². The van der Waals surface area contributed by atoms with Gasteiger partial charge in [0.05, 0.1) is 5.02 Å². The highest BCUT2D eigenvalue weighted by atomic mass is 79.9. The first-order chi connectivity index (χ1) is 7.61. The van der Waals surface area contributed by atoms with Crippen molar-refractivity contribution in [2.24, 2.45) is 5.92 Å². The minimum atomic E-state index is -0.269. The molecule has 4 heteroatoms. The van der Waals surface area contributed by atoms with Gasteiger partial charge in [-0.25, -0.2) is 4.39 Å². The van der Waals surface area contributed by atoms with Crippen LogP contribution in [0.2, 0.25) is 5.02 Å². The van der Waals surface area contributed by atoms with Crippen LogP contribution >= 0.6 is 27.5 Å². The summed E-state index contributed by atoms with van der Waals surface area (Å²) in [5.74, 6) is 0.446. The van der Waals surface area contributed by atoms with Gasteiger partial charge in [0.15, 0.2) is 0 Å². The highest BCUT2D eigenvalue weighted by Crippen LogP contribution is 2.36. The summed E-state index contributed by atoms with van der Waals surface area (Å²) >= 11 is 9.15. The molecule has 1 N–H and O–H groups in total. The minimum Gasteiger partial charge on any atom is -0.316 e. The Balaban J connectivity index is 2.36. The molecule has 1 heterocycles. The predicted molar refractivity (Wildman–Crippen MR) is 68.5 cm³/mol. The molecule has 0 amide bonds. The van der Waals surface area contributed by atoms with Crippen LogP contribution in [0.25, 0.3) is 0 Å². The maximum atomic E-state index is 14.0. The summed E-state index contributed by atoms with van der Waals surface area (Å²) in [4.78, 5) is 0.